The van der Waals surface area contributed by atoms with E-state index in [4.69, 9.17) is 5.11 Å². The lowest BCUT2D eigenvalue weighted by atomic mass is 9.98. The first-order chi connectivity index (χ1) is 14.5. The van der Waals surface area contributed by atoms with Gasteiger partial charge in [-0.3, -0.25) is 4.79 Å². The highest BCUT2D eigenvalue weighted by Crippen LogP contribution is 2.34. The number of carboxylic acids is 1. The van der Waals surface area contributed by atoms with Crippen LogP contribution in [-0.2, 0) is 30.5 Å². The van der Waals surface area contributed by atoms with Gasteiger partial charge in [0.05, 0.1) is 18.1 Å². The second-order valence-corrected chi connectivity index (χ2v) is 8.24. The number of halogens is 1. The summed E-state index contributed by atoms with van der Waals surface area (Å²) >= 11 is 1.44. The van der Waals surface area contributed by atoms with Crippen LogP contribution in [0.2, 0.25) is 0 Å². The molecule has 8 nitrogen and oxygen atoms in total. The molecule has 2 aromatic heterocycles. The van der Waals surface area contributed by atoms with E-state index in [-0.39, 0.29) is 29.8 Å². The van der Waals surface area contributed by atoms with Gasteiger partial charge in [-0.1, -0.05) is 6.07 Å². The van der Waals surface area contributed by atoms with Crippen molar-refractivity contribution >= 4 is 45.9 Å². The molecule has 0 radical (unpaired) electrons. The van der Waals surface area contributed by atoms with Crippen molar-refractivity contribution in [1.29, 1.82) is 0 Å². The number of methoxy groups -OCH3 is 1. The summed E-state index contributed by atoms with van der Waals surface area (Å²) in [6.07, 6.45) is 3.92. The molecule has 0 bridgehead atoms. The molecule has 3 N–H and O–H groups in total. The van der Waals surface area contributed by atoms with Crippen LogP contribution in [0, 0.1) is 0 Å². The first kappa shape index (κ1) is 22.9. The number of thiophene rings is 1. The fraction of sp³-hybridized carbons (Fsp3) is 0.333. The number of hydrogen-bond acceptors (Lipinski definition) is 7. The van der Waals surface area contributed by atoms with E-state index in [1.807, 2.05) is 18.2 Å². The van der Waals surface area contributed by atoms with Crippen LogP contribution in [0.4, 0.5) is 0 Å². The van der Waals surface area contributed by atoms with E-state index in [1.54, 1.807) is 0 Å². The Hall–Kier alpha value is -2.75. The summed E-state index contributed by atoms with van der Waals surface area (Å²) < 4.78 is 4.67. The van der Waals surface area contributed by atoms with E-state index in [9.17, 15) is 14.4 Å². The van der Waals surface area contributed by atoms with Crippen molar-refractivity contribution in [2.75, 3.05) is 13.7 Å². The maximum absolute atomic E-state index is 11.8. The minimum Gasteiger partial charge on any atom is -0.475 e. The lowest BCUT2D eigenvalue weighted by Gasteiger charge is -2.17. The number of aromatic amines is 1. The van der Waals surface area contributed by atoms with Crippen LogP contribution in [-0.4, -0.2) is 40.7 Å². The van der Waals surface area contributed by atoms with Gasteiger partial charge in [0, 0.05) is 11.4 Å². The highest BCUT2D eigenvalue weighted by atomic mass is 35.5. The third-order valence-corrected chi connectivity index (χ3v) is 6.48. The lowest BCUT2D eigenvalue weighted by molar-refractivity contribution is 0.0599. The van der Waals surface area contributed by atoms with Crippen molar-refractivity contribution in [3.05, 3.63) is 61.5 Å². The highest BCUT2D eigenvalue weighted by Gasteiger charge is 2.22. The molecule has 3 heterocycles. The Labute approximate surface area is 188 Å². The van der Waals surface area contributed by atoms with E-state index >= 15 is 0 Å². The Morgan fingerprint density at radius 3 is 2.74 bits per heavy atom. The van der Waals surface area contributed by atoms with Crippen molar-refractivity contribution in [1.82, 2.24) is 15.3 Å². The van der Waals surface area contributed by atoms with Crippen LogP contribution in [0.5, 0.6) is 0 Å². The number of ether oxygens (including phenoxy) is 1. The molecule has 3 aromatic rings. The third kappa shape index (κ3) is 4.63. The van der Waals surface area contributed by atoms with Crippen LogP contribution >= 0.6 is 23.7 Å². The second kappa shape index (κ2) is 9.59. The van der Waals surface area contributed by atoms with Gasteiger partial charge in [-0.05, 0) is 61.1 Å². The number of carbonyl (C=O) groups is 2. The number of nitrogens with one attached hydrogen (secondary N) is 2. The number of aromatic carboxylic acids is 1. The molecule has 1 aliphatic heterocycles. The average molecular weight is 464 g/mol. The van der Waals surface area contributed by atoms with Gasteiger partial charge in [-0.2, -0.15) is 0 Å². The molecule has 2 aliphatic rings. The molecule has 1 aliphatic carbocycles. The van der Waals surface area contributed by atoms with Crippen LogP contribution < -0.4 is 10.9 Å². The van der Waals surface area contributed by atoms with E-state index in [2.05, 4.69) is 20.0 Å². The number of rotatable bonds is 2. The predicted molar refractivity (Wildman–Crippen MR) is 120 cm³/mol. The Morgan fingerprint density at radius 2 is 2.00 bits per heavy atom. The molecule has 1 aromatic carbocycles. The van der Waals surface area contributed by atoms with Gasteiger partial charge in [0.25, 0.3) is 5.56 Å². The fourth-order valence-electron chi connectivity index (χ4n) is 3.83. The SMILES string of the molecule is COC(=O)c1ccc2c(c1)CCNC2.Cl.O=C(O)c1nc2sc3c(c2c(=O)[nH]1)CCC3. The topological polar surface area (TPSA) is 121 Å². The Balaban J connectivity index is 0.000000172. The van der Waals surface area contributed by atoms with Crippen LogP contribution in [0.25, 0.3) is 10.2 Å². The number of carbonyl (C=O) groups excluding carboxylic acids is 1. The fourth-order valence-corrected chi connectivity index (χ4v) is 5.09. The van der Waals surface area contributed by atoms with Gasteiger partial charge in [0.1, 0.15) is 4.83 Å². The quantitative estimate of drug-likeness (QED) is 0.499. The molecule has 0 atom stereocenters. The number of aryl methyl sites for hydroxylation is 2. The number of hydrogen-bond donors (Lipinski definition) is 3. The molecule has 5 rings (SSSR count). The highest BCUT2D eigenvalue weighted by molar-refractivity contribution is 7.18. The number of esters is 1. The standard InChI is InChI=1S/C11H13NO2.C10H8N2O3S.ClH/c1-14-11(13)9-2-3-10-7-12-5-4-8(10)6-9;13-8-6-4-2-1-3-5(4)16-9(6)12-7(11-8)10(14)15;/h2-3,6,12H,4-5,7H2,1H3;1-3H2,(H,14,15)(H,11,12,13);1H. The molecular formula is C21H22ClN3O5S. The van der Waals surface area contributed by atoms with E-state index in [1.165, 1.54) is 34.5 Å². The largest absolute Gasteiger partial charge is 0.475 e. The van der Waals surface area contributed by atoms with E-state index < -0.39 is 5.97 Å². The monoisotopic (exact) mass is 463 g/mol. The zero-order chi connectivity index (χ0) is 21.3. The summed E-state index contributed by atoms with van der Waals surface area (Å²) in [7, 11) is 1.41. The molecule has 0 unspecified atom stereocenters. The smallest absolute Gasteiger partial charge is 0.372 e. The van der Waals surface area contributed by atoms with Crippen molar-refractivity contribution in [2.24, 2.45) is 0 Å². The summed E-state index contributed by atoms with van der Waals surface area (Å²) in [4.78, 5) is 41.8. The van der Waals surface area contributed by atoms with Gasteiger partial charge in [-0.15, -0.1) is 23.7 Å². The first-order valence-electron chi connectivity index (χ1n) is 9.66. The van der Waals surface area contributed by atoms with Crippen LogP contribution in [0.1, 0.15) is 49.0 Å². The molecule has 164 valence electrons. The predicted octanol–water partition coefficient (Wildman–Crippen LogP) is 2.71. The summed E-state index contributed by atoms with van der Waals surface area (Å²) in [5.74, 6) is -1.74. The molecule has 0 fully saturated rings. The van der Waals surface area contributed by atoms with Crippen LogP contribution in [0.3, 0.4) is 0 Å². The number of aromatic nitrogens is 2. The van der Waals surface area contributed by atoms with Gasteiger partial charge in [0.15, 0.2) is 0 Å². The van der Waals surface area contributed by atoms with Gasteiger partial charge < -0.3 is 20.1 Å². The minimum atomic E-state index is -1.20. The number of nitrogens with zero attached hydrogens (tertiary/aromatic N) is 1. The molecule has 0 saturated carbocycles. The number of fused-ring (bicyclic) bond motifs is 4. The van der Waals surface area contributed by atoms with Crippen molar-refractivity contribution < 1.29 is 19.4 Å². The minimum absolute atomic E-state index is 0. The third-order valence-electron chi connectivity index (χ3n) is 5.29. The number of benzene rings is 1. The summed E-state index contributed by atoms with van der Waals surface area (Å²) in [5.41, 5.74) is 3.91. The molecule has 10 heteroatoms. The van der Waals surface area contributed by atoms with Crippen molar-refractivity contribution in [3.8, 4) is 0 Å². The number of carboxylic acid groups (broad SMARTS) is 1. The summed E-state index contributed by atoms with van der Waals surface area (Å²) in [5, 5.41) is 12.7. The van der Waals surface area contributed by atoms with Crippen LogP contribution in [0.15, 0.2) is 23.0 Å². The van der Waals surface area contributed by atoms with Gasteiger partial charge in [0.2, 0.25) is 5.82 Å². The van der Waals surface area contributed by atoms with Gasteiger partial charge >= 0.3 is 11.9 Å². The molecule has 31 heavy (non-hydrogen) atoms. The normalized spacial score (nSPS) is 14.0. The number of H-pyrrole nitrogens is 1. The van der Waals surface area contributed by atoms with Crippen molar-refractivity contribution in [2.45, 2.75) is 32.2 Å². The van der Waals surface area contributed by atoms with E-state index in [0.717, 1.165) is 44.3 Å². The molecule has 0 spiro atoms. The lowest BCUT2D eigenvalue weighted by Crippen LogP contribution is -2.23. The first-order valence-corrected chi connectivity index (χ1v) is 10.5. The summed E-state index contributed by atoms with van der Waals surface area (Å²) in [6.45, 7) is 1.88. The maximum Gasteiger partial charge on any atom is 0.372 e. The Bertz CT molecular complexity index is 1200. The summed E-state index contributed by atoms with van der Waals surface area (Å²) in [6, 6.07) is 5.74. The van der Waals surface area contributed by atoms with E-state index in [0.29, 0.717) is 15.8 Å². The molecule has 0 amide bonds. The molecule has 0 saturated heterocycles. The average Bonchev–Trinajstić information content (AvgIpc) is 3.34. The van der Waals surface area contributed by atoms with Gasteiger partial charge in [-0.25, -0.2) is 14.6 Å². The zero-order valence-corrected chi connectivity index (χ0v) is 18.5. The Morgan fingerprint density at radius 1 is 1.19 bits per heavy atom. The second-order valence-electron chi connectivity index (χ2n) is 7.16. The zero-order valence-electron chi connectivity index (χ0n) is 16.8. The molecular weight excluding hydrogens is 442 g/mol. The van der Waals surface area contributed by atoms with Crippen molar-refractivity contribution in [3.63, 3.8) is 0 Å². The maximum atomic E-state index is 11.8. The Kier molecular flexibility index (Phi) is 7.09.